The first kappa shape index (κ1) is 23.0. The molecule has 1 aliphatic carbocycles. The van der Waals surface area contributed by atoms with E-state index in [1.54, 1.807) is 48.9 Å². The van der Waals surface area contributed by atoms with Crippen molar-refractivity contribution < 1.29 is 14.3 Å². The number of nitrogens with one attached hydrogen (secondary N) is 1. The minimum absolute atomic E-state index is 0.219. The van der Waals surface area contributed by atoms with Crippen molar-refractivity contribution in [1.82, 2.24) is 9.97 Å². The molecule has 0 unspecified atom stereocenters. The average Bonchev–Trinajstić information content (AvgIpc) is 3.65. The Balaban J connectivity index is 1.39. The molecule has 2 aromatic carbocycles. The van der Waals surface area contributed by atoms with Crippen molar-refractivity contribution in [3.8, 4) is 11.5 Å². The van der Waals surface area contributed by atoms with Crippen LogP contribution >= 0.6 is 11.6 Å². The van der Waals surface area contributed by atoms with Crippen molar-refractivity contribution in [2.45, 2.75) is 32.6 Å². The Bertz CT molecular complexity index is 1420. The molecule has 176 valence electrons. The molecule has 0 aliphatic heterocycles. The highest BCUT2D eigenvalue weighted by Crippen LogP contribution is 2.35. The summed E-state index contributed by atoms with van der Waals surface area (Å²) in [5, 5.41) is 4.10. The fraction of sp³-hybridized carbons (Fsp3) is 0.214. The number of anilines is 1. The van der Waals surface area contributed by atoms with Gasteiger partial charge in [0.15, 0.2) is 0 Å². The van der Waals surface area contributed by atoms with Crippen LogP contribution in [0.15, 0.2) is 67.1 Å². The number of aromatic nitrogens is 2. The topological polar surface area (TPSA) is 81.2 Å². The Kier molecular flexibility index (Phi) is 6.47. The van der Waals surface area contributed by atoms with Gasteiger partial charge in [0.2, 0.25) is 0 Å². The number of ketones is 1. The highest BCUT2D eigenvalue weighted by atomic mass is 35.5. The molecular formula is C28H24ClN3O3. The van der Waals surface area contributed by atoms with Gasteiger partial charge in [-0.3, -0.25) is 19.6 Å². The number of rotatable bonds is 8. The third kappa shape index (κ3) is 5.49. The van der Waals surface area contributed by atoms with Gasteiger partial charge in [-0.2, -0.15) is 0 Å². The van der Waals surface area contributed by atoms with Crippen LogP contribution in [-0.4, -0.2) is 21.7 Å². The zero-order valence-electron chi connectivity index (χ0n) is 19.3. The number of hydrogen-bond acceptors (Lipinski definition) is 5. The number of amides is 1. The van der Waals surface area contributed by atoms with E-state index in [0.717, 1.165) is 24.0 Å². The van der Waals surface area contributed by atoms with Crippen molar-refractivity contribution in [3.05, 3.63) is 88.8 Å². The minimum Gasteiger partial charge on any atom is -0.457 e. The van der Waals surface area contributed by atoms with Crippen molar-refractivity contribution in [2.24, 2.45) is 5.92 Å². The molecule has 1 saturated carbocycles. The molecule has 6 nitrogen and oxygen atoms in total. The maximum atomic E-state index is 13.0. The standard InChI is InChI=1S/C28H24ClN3O3/c1-17-12-26-24(16-23(17)28(34)32-20-6-9-30-10-7-20)27(8-11-31-26)35-22-5-4-19(25(29)15-22)14-21(33)13-18-2-3-18/h4-12,15-16,18H,2-3,13-14H2,1H3,(H,30,32,34). The Labute approximate surface area is 208 Å². The van der Waals surface area contributed by atoms with E-state index in [9.17, 15) is 9.59 Å². The third-order valence-electron chi connectivity index (χ3n) is 6.08. The number of benzene rings is 2. The lowest BCUT2D eigenvalue weighted by Gasteiger charge is -2.13. The molecule has 1 fully saturated rings. The quantitative estimate of drug-likeness (QED) is 0.306. The van der Waals surface area contributed by atoms with Crippen LogP contribution in [0.1, 0.15) is 40.7 Å². The van der Waals surface area contributed by atoms with Crippen molar-refractivity contribution in [3.63, 3.8) is 0 Å². The SMILES string of the molecule is Cc1cc2nccc(Oc3ccc(CC(=O)CC4CC4)c(Cl)c3)c2cc1C(=O)Nc1ccncc1. The summed E-state index contributed by atoms with van der Waals surface area (Å²) < 4.78 is 6.15. The summed E-state index contributed by atoms with van der Waals surface area (Å²) in [7, 11) is 0. The maximum Gasteiger partial charge on any atom is 0.255 e. The fourth-order valence-corrected chi connectivity index (χ4v) is 4.27. The molecule has 1 aliphatic rings. The lowest BCUT2D eigenvalue weighted by molar-refractivity contribution is -0.118. The number of fused-ring (bicyclic) bond motifs is 1. The molecule has 1 amide bonds. The Morgan fingerprint density at radius 2 is 1.86 bits per heavy atom. The lowest BCUT2D eigenvalue weighted by atomic mass is 10.0. The van der Waals surface area contributed by atoms with Crippen molar-refractivity contribution in [2.75, 3.05) is 5.32 Å². The van der Waals surface area contributed by atoms with Gasteiger partial charge in [0.25, 0.3) is 5.91 Å². The van der Waals surface area contributed by atoms with Crippen molar-refractivity contribution >= 4 is 39.9 Å². The Morgan fingerprint density at radius 3 is 2.60 bits per heavy atom. The number of hydrogen-bond donors (Lipinski definition) is 1. The van der Waals surface area contributed by atoms with Crippen LogP contribution in [-0.2, 0) is 11.2 Å². The molecule has 0 saturated heterocycles. The summed E-state index contributed by atoms with van der Waals surface area (Å²) in [5.41, 5.74) is 3.51. The zero-order chi connectivity index (χ0) is 24.4. The van der Waals surface area contributed by atoms with Gasteiger partial charge in [-0.15, -0.1) is 0 Å². The molecule has 0 spiro atoms. The molecule has 1 N–H and O–H groups in total. The van der Waals surface area contributed by atoms with Crippen molar-refractivity contribution in [1.29, 1.82) is 0 Å². The molecule has 0 atom stereocenters. The molecule has 35 heavy (non-hydrogen) atoms. The molecular weight excluding hydrogens is 462 g/mol. The van der Waals surface area contributed by atoms with Crippen LogP contribution in [0.2, 0.25) is 5.02 Å². The van der Waals surface area contributed by atoms with Crippen LogP contribution in [0.4, 0.5) is 5.69 Å². The highest BCUT2D eigenvalue weighted by Gasteiger charge is 2.24. The minimum atomic E-state index is -0.228. The molecule has 4 aromatic rings. The number of halogens is 1. The van der Waals surface area contributed by atoms with Gasteiger partial charge in [0.05, 0.1) is 5.52 Å². The van der Waals surface area contributed by atoms with E-state index in [2.05, 4.69) is 15.3 Å². The first-order valence-electron chi connectivity index (χ1n) is 11.5. The van der Waals surface area contributed by atoms with E-state index in [4.69, 9.17) is 16.3 Å². The predicted molar refractivity (Wildman–Crippen MR) is 136 cm³/mol. The van der Waals surface area contributed by atoms with E-state index in [-0.39, 0.29) is 11.7 Å². The van der Waals surface area contributed by atoms with E-state index in [0.29, 0.717) is 57.4 Å². The molecule has 5 rings (SSSR count). The largest absolute Gasteiger partial charge is 0.457 e. The number of carbonyl (C=O) groups excluding carboxylic acids is 2. The fourth-order valence-electron chi connectivity index (χ4n) is 4.03. The van der Waals surface area contributed by atoms with Gasteiger partial charge in [-0.05, 0) is 79.3 Å². The molecule has 0 bridgehead atoms. The van der Waals surface area contributed by atoms with E-state index in [1.807, 2.05) is 25.1 Å². The first-order valence-corrected chi connectivity index (χ1v) is 11.9. The Hall–Kier alpha value is -3.77. The number of nitrogens with zero attached hydrogens (tertiary/aromatic N) is 2. The summed E-state index contributed by atoms with van der Waals surface area (Å²) in [6, 6.07) is 14.2. The van der Waals surface area contributed by atoms with Gasteiger partial charge in [-0.1, -0.05) is 17.7 Å². The third-order valence-corrected chi connectivity index (χ3v) is 6.44. The lowest BCUT2D eigenvalue weighted by Crippen LogP contribution is -2.13. The molecule has 2 heterocycles. The second-order valence-electron chi connectivity index (χ2n) is 8.90. The number of pyridine rings is 2. The van der Waals surface area contributed by atoms with Crippen LogP contribution in [0, 0.1) is 12.8 Å². The van der Waals surface area contributed by atoms with Gasteiger partial charge in [0, 0.05) is 53.1 Å². The van der Waals surface area contributed by atoms with E-state index in [1.165, 1.54) is 0 Å². The summed E-state index contributed by atoms with van der Waals surface area (Å²) in [5.74, 6) is 1.65. The average molecular weight is 486 g/mol. The number of Topliss-reactive ketones (excluding diaryl/α,β-unsaturated/α-hetero) is 1. The normalized spacial score (nSPS) is 13.0. The zero-order valence-corrected chi connectivity index (χ0v) is 20.0. The predicted octanol–water partition coefficient (Wildman–Crippen LogP) is 6.55. The van der Waals surface area contributed by atoms with Gasteiger partial charge < -0.3 is 10.1 Å². The number of ether oxygens (including phenoxy) is 1. The second kappa shape index (κ2) is 9.84. The number of carbonyl (C=O) groups is 2. The monoisotopic (exact) mass is 485 g/mol. The smallest absolute Gasteiger partial charge is 0.255 e. The summed E-state index contributed by atoms with van der Waals surface area (Å²) in [4.78, 5) is 33.6. The van der Waals surface area contributed by atoms with Crippen LogP contribution in [0.5, 0.6) is 11.5 Å². The first-order chi connectivity index (χ1) is 17.0. The van der Waals surface area contributed by atoms with Gasteiger partial charge >= 0.3 is 0 Å². The van der Waals surface area contributed by atoms with Gasteiger partial charge in [-0.25, -0.2) is 0 Å². The van der Waals surface area contributed by atoms with Crippen LogP contribution in [0.3, 0.4) is 0 Å². The van der Waals surface area contributed by atoms with Crippen LogP contribution < -0.4 is 10.1 Å². The summed E-state index contributed by atoms with van der Waals surface area (Å²) in [6.45, 7) is 1.87. The van der Waals surface area contributed by atoms with E-state index >= 15 is 0 Å². The molecule has 0 radical (unpaired) electrons. The molecule has 2 aromatic heterocycles. The maximum absolute atomic E-state index is 13.0. The number of aryl methyl sites for hydroxylation is 1. The summed E-state index contributed by atoms with van der Waals surface area (Å²) >= 11 is 6.47. The highest BCUT2D eigenvalue weighted by molar-refractivity contribution is 6.31. The Morgan fingerprint density at radius 1 is 1.06 bits per heavy atom. The van der Waals surface area contributed by atoms with Crippen LogP contribution in [0.25, 0.3) is 10.9 Å². The molecule has 7 heteroatoms. The second-order valence-corrected chi connectivity index (χ2v) is 9.31. The summed E-state index contributed by atoms with van der Waals surface area (Å²) in [6.07, 6.45) is 8.19. The van der Waals surface area contributed by atoms with Gasteiger partial charge in [0.1, 0.15) is 17.3 Å². The van der Waals surface area contributed by atoms with E-state index < -0.39 is 0 Å².